The highest BCUT2D eigenvalue weighted by Gasteiger charge is 2.26. The van der Waals surface area contributed by atoms with Crippen molar-refractivity contribution in [1.29, 1.82) is 0 Å². The van der Waals surface area contributed by atoms with Crippen LogP contribution in [0.1, 0.15) is 21.6 Å². The van der Waals surface area contributed by atoms with Gasteiger partial charge in [-0.15, -0.1) is 0 Å². The Morgan fingerprint density at radius 3 is 2.65 bits per heavy atom. The average Bonchev–Trinajstić information content (AvgIpc) is 3.13. The normalized spacial score (nSPS) is 13.4. The summed E-state index contributed by atoms with van der Waals surface area (Å²) in [5, 5.41) is 4.17. The highest BCUT2D eigenvalue weighted by atomic mass is 16.2. The molecule has 0 atom stereocenters. The number of aryl methyl sites for hydroxylation is 1. The van der Waals surface area contributed by atoms with Gasteiger partial charge >= 0.3 is 0 Å². The van der Waals surface area contributed by atoms with Gasteiger partial charge in [0, 0.05) is 42.7 Å². The van der Waals surface area contributed by atoms with Crippen LogP contribution in [0, 0.1) is 0 Å². The van der Waals surface area contributed by atoms with Crippen LogP contribution in [0.3, 0.4) is 0 Å². The molecule has 0 N–H and O–H groups in total. The van der Waals surface area contributed by atoms with Crippen LogP contribution in [0.25, 0.3) is 11.1 Å². The number of benzene rings is 1. The number of pyridine rings is 1. The summed E-state index contributed by atoms with van der Waals surface area (Å²) < 4.78 is 1.77. The van der Waals surface area contributed by atoms with Gasteiger partial charge in [0.25, 0.3) is 5.91 Å². The van der Waals surface area contributed by atoms with E-state index in [1.54, 1.807) is 4.68 Å². The van der Waals surface area contributed by atoms with Crippen molar-refractivity contribution < 1.29 is 4.79 Å². The fraction of sp³-hybridized carbons (Fsp3) is 0.167. The number of hydrogen-bond acceptors (Lipinski definition) is 3. The third kappa shape index (κ3) is 2.50. The van der Waals surface area contributed by atoms with Crippen LogP contribution in [0.5, 0.6) is 0 Å². The molecular weight excluding hydrogens is 288 g/mol. The summed E-state index contributed by atoms with van der Waals surface area (Å²) in [6.45, 7) is 1.18. The molecule has 5 nitrogen and oxygen atoms in total. The fourth-order valence-electron chi connectivity index (χ4n) is 2.90. The largest absolute Gasteiger partial charge is 0.328 e. The Bertz CT molecular complexity index is 867. The maximum atomic E-state index is 12.4. The Kier molecular flexibility index (Phi) is 3.19. The van der Waals surface area contributed by atoms with E-state index < -0.39 is 0 Å². The minimum atomic E-state index is 0.0822. The van der Waals surface area contributed by atoms with E-state index in [-0.39, 0.29) is 5.91 Å². The highest BCUT2D eigenvalue weighted by molar-refractivity contribution is 5.98. The van der Waals surface area contributed by atoms with Crippen LogP contribution >= 0.6 is 0 Å². The van der Waals surface area contributed by atoms with Crippen LogP contribution in [-0.4, -0.2) is 25.6 Å². The molecule has 5 heteroatoms. The second-order valence-electron chi connectivity index (χ2n) is 5.76. The minimum absolute atomic E-state index is 0.0822. The van der Waals surface area contributed by atoms with Crippen LogP contribution in [-0.2, 0) is 20.1 Å². The Morgan fingerprint density at radius 2 is 1.96 bits per heavy atom. The Hall–Kier alpha value is -2.95. The van der Waals surface area contributed by atoms with Crippen molar-refractivity contribution in [2.45, 2.75) is 13.1 Å². The molecule has 0 aliphatic carbocycles. The summed E-state index contributed by atoms with van der Waals surface area (Å²) in [5.41, 5.74) is 4.84. The van der Waals surface area contributed by atoms with Gasteiger partial charge < -0.3 is 4.90 Å². The zero-order valence-corrected chi connectivity index (χ0v) is 12.8. The van der Waals surface area contributed by atoms with E-state index >= 15 is 0 Å². The Balaban J connectivity index is 1.51. The molecule has 23 heavy (non-hydrogen) atoms. The predicted molar refractivity (Wildman–Crippen MR) is 86.5 cm³/mol. The van der Waals surface area contributed by atoms with Crippen molar-refractivity contribution in [1.82, 2.24) is 19.7 Å². The van der Waals surface area contributed by atoms with E-state index in [1.807, 2.05) is 66.9 Å². The lowest BCUT2D eigenvalue weighted by atomic mass is 10.1. The number of aromatic nitrogens is 3. The van der Waals surface area contributed by atoms with Crippen LogP contribution < -0.4 is 0 Å². The van der Waals surface area contributed by atoms with Crippen LogP contribution in [0.4, 0.5) is 0 Å². The number of nitrogens with zero attached hydrogens (tertiary/aromatic N) is 4. The van der Waals surface area contributed by atoms with Gasteiger partial charge in [0.2, 0.25) is 0 Å². The third-order valence-corrected chi connectivity index (χ3v) is 4.11. The second-order valence-corrected chi connectivity index (χ2v) is 5.76. The molecule has 0 fully saturated rings. The first-order valence-electron chi connectivity index (χ1n) is 7.52. The van der Waals surface area contributed by atoms with Crippen LogP contribution in [0.2, 0.25) is 0 Å². The van der Waals surface area contributed by atoms with Gasteiger partial charge in [-0.05, 0) is 17.7 Å². The molecule has 1 amide bonds. The zero-order chi connectivity index (χ0) is 15.8. The molecule has 0 radical (unpaired) electrons. The Morgan fingerprint density at radius 1 is 1.09 bits per heavy atom. The standard InChI is InChI=1S/C18H16N4O/c1-21-10-15(9-20-21)13-6-7-16(19-8-13)12-22-11-14-4-2-3-5-17(14)18(22)23/h2-10H,11-12H2,1H3. The van der Waals surface area contributed by atoms with Gasteiger partial charge in [-0.2, -0.15) is 5.10 Å². The summed E-state index contributed by atoms with van der Waals surface area (Å²) in [7, 11) is 1.89. The van der Waals surface area contributed by atoms with Crippen molar-refractivity contribution >= 4 is 5.91 Å². The predicted octanol–water partition coefficient (Wildman–Crippen LogP) is 2.64. The van der Waals surface area contributed by atoms with Crippen molar-refractivity contribution in [3.05, 3.63) is 71.8 Å². The quantitative estimate of drug-likeness (QED) is 0.747. The van der Waals surface area contributed by atoms with Crippen molar-refractivity contribution in [2.75, 3.05) is 0 Å². The SMILES string of the molecule is Cn1cc(-c2ccc(CN3Cc4ccccc4C3=O)nc2)cn1. The molecule has 1 aliphatic rings. The molecule has 0 spiro atoms. The van der Waals surface area contributed by atoms with Gasteiger partial charge in [0.15, 0.2) is 0 Å². The minimum Gasteiger partial charge on any atom is -0.328 e. The number of amides is 1. The first-order chi connectivity index (χ1) is 11.2. The van der Waals surface area contributed by atoms with Crippen molar-refractivity contribution in [3.8, 4) is 11.1 Å². The molecule has 2 aromatic heterocycles. The molecule has 3 aromatic rings. The van der Waals surface area contributed by atoms with Crippen molar-refractivity contribution in [3.63, 3.8) is 0 Å². The van der Waals surface area contributed by atoms with E-state index in [0.29, 0.717) is 13.1 Å². The summed E-state index contributed by atoms with van der Waals surface area (Å²) in [4.78, 5) is 18.7. The molecular formula is C18H16N4O. The third-order valence-electron chi connectivity index (χ3n) is 4.11. The van der Waals surface area contributed by atoms with Gasteiger partial charge in [-0.1, -0.05) is 24.3 Å². The maximum absolute atomic E-state index is 12.4. The number of fused-ring (bicyclic) bond motifs is 1. The van der Waals surface area contributed by atoms with E-state index in [2.05, 4.69) is 10.1 Å². The lowest BCUT2D eigenvalue weighted by Crippen LogP contribution is -2.23. The first kappa shape index (κ1) is 13.7. The number of hydrogen-bond donors (Lipinski definition) is 0. The highest BCUT2D eigenvalue weighted by Crippen LogP contribution is 2.24. The second kappa shape index (κ2) is 5.35. The molecule has 114 valence electrons. The summed E-state index contributed by atoms with van der Waals surface area (Å²) in [6.07, 6.45) is 5.61. The monoisotopic (exact) mass is 304 g/mol. The molecule has 1 aromatic carbocycles. The molecule has 0 saturated heterocycles. The zero-order valence-electron chi connectivity index (χ0n) is 12.8. The van der Waals surface area contributed by atoms with E-state index in [4.69, 9.17) is 0 Å². The first-order valence-corrected chi connectivity index (χ1v) is 7.52. The number of rotatable bonds is 3. The number of carbonyl (C=O) groups is 1. The lowest BCUT2D eigenvalue weighted by molar-refractivity contribution is 0.0764. The Labute approximate surface area is 134 Å². The molecule has 1 aliphatic heterocycles. The smallest absolute Gasteiger partial charge is 0.254 e. The van der Waals surface area contributed by atoms with E-state index in [0.717, 1.165) is 27.9 Å². The van der Waals surface area contributed by atoms with Crippen LogP contribution in [0.15, 0.2) is 55.0 Å². The molecule has 0 bridgehead atoms. The molecule has 0 saturated carbocycles. The fourth-order valence-corrected chi connectivity index (χ4v) is 2.90. The summed E-state index contributed by atoms with van der Waals surface area (Å²) in [6, 6.07) is 11.8. The van der Waals surface area contributed by atoms with Gasteiger partial charge in [0.05, 0.1) is 18.4 Å². The summed E-state index contributed by atoms with van der Waals surface area (Å²) >= 11 is 0. The lowest BCUT2D eigenvalue weighted by Gasteiger charge is -2.15. The molecule has 0 unspecified atom stereocenters. The average molecular weight is 304 g/mol. The van der Waals surface area contributed by atoms with E-state index in [9.17, 15) is 4.79 Å². The van der Waals surface area contributed by atoms with E-state index in [1.165, 1.54) is 0 Å². The topological polar surface area (TPSA) is 51.0 Å². The maximum Gasteiger partial charge on any atom is 0.254 e. The summed E-state index contributed by atoms with van der Waals surface area (Å²) in [5.74, 6) is 0.0822. The number of carbonyl (C=O) groups excluding carboxylic acids is 1. The van der Waals surface area contributed by atoms with Gasteiger partial charge in [0.1, 0.15) is 0 Å². The molecule has 4 rings (SSSR count). The van der Waals surface area contributed by atoms with Crippen molar-refractivity contribution in [2.24, 2.45) is 7.05 Å². The van der Waals surface area contributed by atoms with Gasteiger partial charge in [-0.25, -0.2) is 0 Å². The molecule has 3 heterocycles. The van der Waals surface area contributed by atoms with Gasteiger partial charge in [-0.3, -0.25) is 14.5 Å².